The molecule has 2 aliphatic heterocycles. The molecule has 5 nitrogen and oxygen atoms in total. The second kappa shape index (κ2) is 6.54. The van der Waals surface area contributed by atoms with E-state index in [9.17, 15) is 4.79 Å². The molecule has 1 aromatic rings. The minimum atomic E-state index is 0.0763. The number of likely N-dealkylation sites (tertiary alicyclic amines) is 1. The minimum absolute atomic E-state index is 0.0763. The second-order valence-corrected chi connectivity index (χ2v) is 6.08. The number of amides is 1. The monoisotopic (exact) mass is 288 g/mol. The van der Waals surface area contributed by atoms with Crippen LogP contribution in [0.4, 0.5) is 0 Å². The standard InChI is InChI=1S/C16H24N4O/c1-18-10-12-19(13-11-18)14-5-8-20(9-6-14)16(21)15-4-2-3-7-17-15/h2-4,7,14H,5-6,8-13H2,1H3. The third kappa shape index (κ3) is 3.41. The highest BCUT2D eigenvalue weighted by Crippen LogP contribution is 2.19. The number of piperidine rings is 1. The molecule has 0 atom stereocenters. The lowest BCUT2D eigenvalue weighted by molar-refractivity contribution is 0.0514. The zero-order valence-electron chi connectivity index (χ0n) is 12.7. The van der Waals surface area contributed by atoms with E-state index in [2.05, 4.69) is 21.8 Å². The molecule has 2 fully saturated rings. The van der Waals surface area contributed by atoms with Crippen LogP contribution in [-0.4, -0.2) is 77.9 Å². The van der Waals surface area contributed by atoms with Crippen molar-refractivity contribution in [2.45, 2.75) is 18.9 Å². The maximum atomic E-state index is 12.4. The molecule has 0 unspecified atom stereocenters. The van der Waals surface area contributed by atoms with E-state index in [1.54, 1.807) is 12.3 Å². The number of hydrogen-bond donors (Lipinski definition) is 0. The third-order valence-corrected chi connectivity index (χ3v) is 4.69. The molecule has 0 N–H and O–H groups in total. The summed E-state index contributed by atoms with van der Waals surface area (Å²) in [5.74, 6) is 0.0763. The molecule has 0 radical (unpaired) electrons. The van der Waals surface area contributed by atoms with Gasteiger partial charge < -0.3 is 9.80 Å². The van der Waals surface area contributed by atoms with Gasteiger partial charge in [0.15, 0.2) is 0 Å². The lowest BCUT2D eigenvalue weighted by Gasteiger charge is -2.42. The fourth-order valence-electron chi connectivity index (χ4n) is 3.27. The highest BCUT2D eigenvalue weighted by Gasteiger charge is 2.28. The van der Waals surface area contributed by atoms with Gasteiger partial charge in [0.05, 0.1) is 0 Å². The van der Waals surface area contributed by atoms with E-state index in [4.69, 9.17) is 0 Å². The molecule has 0 bridgehead atoms. The van der Waals surface area contributed by atoms with E-state index in [1.807, 2.05) is 17.0 Å². The summed E-state index contributed by atoms with van der Waals surface area (Å²) in [6.45, 7) is 6.35. The van der Waals surface area contributed by atoms with Crippen molar-refractivity contribution in [3.63, 3.8) is 0 Å². The topological polar surface area (TPSA) is 39.7 Å². The molecular formula is C16H24N4O. The van der Waals surface area contributed by atoms with Crippen molar-refractivity contribution >= 4 is 5.91 Å². The first kappa shape index (κ1) is 14.5. The zero-order valence-corrected chi connectivity index (χ0v) is 12.7. The summed E-state index contributed by atoms with van der Waals surface area (Å²) in [6.07, 6.45) is 3.86. The lowest BCUT2D eigenvalue weighted by atomic mass is 10.0. The Bertz CT molecular complexity index is 462. The Labute approximate surface area is 126 Å². The summed E-state index contributed by atoms with van der Waals surface area (Å²) in [7, 11) is 2.19. The smallest absolute Gasteiger partial charge is 0.272 e. The van der Waals surface area contributed by atoms with Gasteiger partial charge in [-0.15, -0.1) is 0 Å². The first-order valence-electron chi connectivity index (χ1n) is 7.87. The number of pyridine rings is 1. The van der Waals surface area contributed by atoms with Gasteiger partial charge in [-0.25, -0.2) is 0 Å². The van der Waals surface area contributed by atoms with Gasteiger partial charge in [0.2, 0.25) is 0 Å². The van der Waals surface area contributed by atoms with E-state index in [0.29, 0.717) is 11.7 Å². The van der Waals surface area contributed by atoms with Crippen molar-refractivity contribution < 1.29 is 4.79 Å². The molecule has 2 saturated heterocycles. The van der Waals surface area contributed by atoms with Gasteiger partial charge in [-0.2, -0.15) is 0 Å². The first-order valence-corrected chi connectivity index (χ1v) is 7.87. The molecule has 3 rings (SSSR count). The van der Waals surface area contributed by atoms with Gasteiger partial charge in [0, 0.05) is 51.5 Å². The summed E-state index contributed by atoms with van der Waals surface area (Å²) in [6, 6.07) is 6.16. The van der Waals surface area contributed by atoms with Gasteiger partial charge in [-0.1, -0.05) is 6.07 Å². The maximum absolute atomic E-state index is 12.4. The molecule has 0 aliphatic carbocycles. The van der Waals surface area contributed by atoms with E-state index in [0.717, 1.165) is 52.1 Å². The van der Waals surface area contributed by atoms with Crippen LogP contribution in [-0.2, 0) is 0 Å². The Morgan fingerprint density at radius 1 is 1.10 bits per heavy atom. The summed E-state index contributed by atoms with van der Waals surface area (Å²) in [5.41, 5.74) is 0.565. The van der Waals surface area contributed by atoms with Gasteiger partial charge in [-0.05, 0) is 32.0 Å². The van der Waals surface area contributed by atoms with Crippen molar-refractivity contribution in [2.24, 2.45) is 0 Å². The van der Waals surface area contributed by atoms with Crippen LogP contribution in [0.3, 0.4) is 0 Å². The van der Waals surface area contributed by atoms with Crippen molar-refractivity contribution in [3.05, 3.63) is 30.1 Å². The van der Waals surface area contributed by atoms with Crippen molar-refractivity contribution in [1.29, 1.82) is 0 Å². The average Bonchev–Trinajstić information content (AvgIpc) is 2.56. The van der Waals surface area contributed by atoms with Crippen LogP contribution < -0.4 is 0 Å². The molecule has 21 heavy (non-hydrogen) atoms. The summed E-state index contributed by atoms with van der Waals surface area (Å²) < 4.78 is 0. The van der Waals surface area contributed by atoms with Crippen LogP contribution in [0.1, 0.15) is 23.3 Å². The Kier molecular flexibility index (Phi) is 4.51. The molecule has 0 aromatic carbocycles. The highest BCUT2D eigenvalue weighted by molar-refractivity contribution is 5.92. The van der Waals surface area contributed by atoms with Crippen LogP contribution in [0.5, 0.6) is 0 Å². The van der Waals surface area contributed by atoms with Gasteiger partial charge in [0.1, 0.15) is 5.69 Å². The predicted octanol–water partition coefficient (Wildman–Crippen LogP) is 0.934. The van der Waals surface area contributed by atoms with Gasteiger partial charge >= 0.3 is 0 Å². The summed E-state index contributed by atoms with van der Waals surface area (Å²) >= 11 is 0. The number of rotatable bonds is 2. The molecule has 2 aliphatic rings. The minimum Gasteiger partial charge on any atom is -0.337 e. The number of carbonyl (C=O) groups excluding carboxylic acids is 1. The largest absolute Gasteiger partial charge is 0.337 e. The molecule has 0 saturated carbocycles. The number of piperazine rings is 1. The van der Waals surface area contributed by atoms with Crippen molar-refractivity contribution in [3.8, 4) is 0 Å². The molecule has 1 aromatic heterocycles. The number of hydrogen-bond acceptors (Lipinski definition) is 4. The molecule has 1 amide bonds. The van der Waals surface area contributed by atoms with Crippen molar-refractivity contribution in [1.82, 2.24) is 19.7 Å². The SMILES string of the molecule is CN1CCN(C2CCN(C(=O)c3ccccn3)CC2)CC1. The summed E-state index contributed by atoms with van der Waals surface area (Å²) in [5, 5.41) is 0. The Morgan fingerprint density at radius 3 is 2.43 bits per heavy atom. The van der Waals surface area contributed by atoms with Gasteiger partial charge in [-0.3, -0.25) is 14.7 Å². The maximum Gasteiger partial charge on any atom is 0.272 e. The fraction of sp³-hybridized carbons (Fsp3) is 0.625. The highest BCUT2D eigenvalue weighted by atomic mass is 16.2. The molecule has 0 spiro atoms. The van der Waals surface area contributed by atoms with E-state index >= 15 is 0 Å². The Hall–Kier alpha value is -1.46. The number of nitrogens with zero attached hydrogens (tertiary/aromatic N) is 4. The van der Waals surface area contributed by atoms with Crippen LogP contribution in [0.2, 0.25) is 0 Å². The first-order chi connectivity index (χ1) is 10.2. The zero-order chi connectivity index (χ0) is 14.7. The number of likely N-dealkylation sites (N-methyl/N-ethyl adjacent to an activating group) is 1. The average molecular weight is 288 g/mol. The van der Waals surface area contributed by atoms with Crippen LogP contribution >= 0.6 is 0 Å². The Balaban J connectivity index is 1.52. The van der Waals surface area contributed by atoms with Crippen molar-refractivity contribution in [2.75, 3.05) is 46.3 Å². The second-order valence-electron chi connectivity index (χ2n) is 6.08. The molecule has 3 heterocycles. The Morgan fingerprint density at radius 2 is 1.81 bits per heavy atom. The predicted molar refractivity (Wildman–Crippen MR) is 82.2 cm³/mol. The van der Waals surface area contributed by atoms with Gasteiger partial charge in [0.25, 0.3) is 5.91 Å². The van der Waals surface area contributed by atoms with Crippen LogP contribution in [0.25, 0.3) is 0 Å². The fourth-order valence-corrected chi connectivity index (χ4v) is 3.27. The summed E-state index contributed by atoms with van der Waals surface area (Å²) in [4.78, 5) is 23.5. The normalized spacial score (nSPS) is 22.4. The van der Waals surface area contributed by atoms with E-state index < -0.39 is 0 Å². The van der Waals surface area contributed by atoms with E-state index in [1.165, 1.54) is 0 Å². The van der Waals surface area contributed by atoms with Crippen LogP contribution in [0, 0.1) is 0 Å². The number of carbonyl (C=O) groups is 1. The third-order valence-electron chi connectivity index (χ3n) is 4.69. The van der Waals surface area contributed by atoms with E-state index in [-0.39, 0.29) is 5.91 Å². The molecule has 5 heteroatoms. The molecular weight excluding hydrogens is 264 g/mol. The quantitative estimate of drug-likeness (QED) is 0.812. The molecule has 114 valence electrons. The van der Waals surface area contributed by atoms with Crippen LogP contribution in [0.15, 0.2) is 24.4 Å². The lowest BCUT2D eigenvalue weighted by Crippen LogP contribution is -2.53. The number of aromatic nitrogens is 1.